The van der Waals surface area contributed by atoms with Gasteiger partial charge in [-0.05, 0) is 63.4 Å². The number of esters is 1. The number of nitrogens with zero attached hydrogens (tertiary/aromatic N) is 3. The molecule has 35 heavy (non-hydrogen) atoms. The van der Waals surface area contributed by atoms with Crippen molar-refractivity contribution in [2.45, 2.75) is 64.7 Å². The Morgan fingerprint density at radius 2 is 1.89 bits per heavy atom. The monoisotopic (exact) mass is 485 g/mol. The number of nitro benzene ring substituents is 1. The number of likely N-dealkylation sites (tertiary alicyclic amines) is 1. The van der Waals surface area contributed by atoms with Crippen molar-refractivity contribution < 1.29 is 24.0 Å². The number of benzene rings is 1. The van der Waals surface area contributed by atoms with Crippen molar-refractivity contribution in [1.29, 1.82) is 0 Å². The topological polar surface area (TPSA) is 110 Å². The summed E-state index contributed by atoms with van der Waals surface area (Å²) in [5.41, 5.74) is 2.00. The lowest BCUT2D eigenvalue weighted by molar-refractivity contribution is -0.384. The molecule has 0 radical (unpaired) electrons. The van der Waals surface area contributed by atoms with Crippen molar-refractivity contribution in [3.8, 4) is 0 Å². The third-order valence-corrected chi connectivity index (χ3v) is 6.65. The van der Waals surface area contributed by atoms with Crippen molar-refractivity contribution in [2.24, 2.45) is 5.92 Å². The van der Waals surface area contributed by atoms with Crippen LogP contribution in [0, 0.1) is 16.0 Å². The smallest absolute Gasteiger partial charge is 0.325 e. The summed E-state index contributed by atoms with van der Waals surface area (Å²) in [6.45, 7) is 2.81. The number of hydrogen-bond acceptors (Lipinski definition) is 6. The van der Waals surface area contributed by atoms with Gasteiger partial charge in [-0.1, -0.05) is 18.2 Å². The van der Waals surface area contributed by atoms with E-state index in [-0.39, 0.29) is 43.6 Å². The van der Waals surface area contributed by atoms with Gasteiger partial charge in [0.25, 0.3) is 5.69 Å². The highest BCUT2D eigenvalue weighted by molar-refractivity contribution is 5.83. The van der Waals surface area contributed by atoms with Crippen LogP contribution in [0.1, 0.15) is 63.9 Å². The molecule has 1 unspecified atom stereocenters. The summed E-state index contributed by atoms with van der Waals surface area (Å²) in [6.07, 6.45) is 9.05. The second-order valence-corrected chi connectivity index (χ2v) is 9.09. The van der Waals surface area contributed by atoms with Crippen molar-refractivity contribution in [1.82, 2.24) is 9.80 Å². The summed E-state index contributed by atoms with van der Waals surface area (Å²) in [6, 6.07) is 6.14. The summed E-state index contributed by atoms with van der Waals surface area (Å²) in [4.78, 5) is 51.6. The second kappa shape index (κ2) is 13.0. The Bertz CT molecular complexity index is 943. The Kier molecular flexibility index (Phi) is 9.81. The minimum absolute atomic E-state index is 0.00175. The normalized spacial score (nSPS) is 17.2. The van der Waals surface area contributed by atoms with E-state index in [9.17, 15) is 24.5 Å². The van der Waals surface area contributed by atoms with E-state index in [2.05, 4.69) is 6.08 Å². The maximum absolute atomic E-state index is 12.9. The number of hydrogen-bond donors (Lipinski definition) is 0. The average Bonchev–Trinajstić information content (AvgIpc) is 2.86. The standard InChI is InChI=1S/C26H35N3O6/c1-2-35-26(32)19-27(18-16-20-12-14-22(15-13-20)29(33)34)24(30)10-5-11-25(31)28-17-6-8-21-7-3-4-9-23(21)28/h9,12-15,21H,2-8,10-11,16-19H2,1H3. The van der Waals surface area contributed by atoms with Crippen LogP contribution < -0.4 is 0 Å². The predicted octanol–water partition coefficient (Wildman–Crippen LogP) is 4.01. The zero-order chi connectivity index (χ0) is 25.2. The van der Waals surface area contributed by atoms with E-state index in [1.807, 2.05) is 4.90 Å². The SMILES string of the molecule is CCOC(=O)CN(CCc1ccc([N+](=O)[O-])cc1)C(=O)CCCC(=O)N1CCCC2CCCC=C21. The molecule has 0 aromatic heterocycles. The van der Waals surface area contributed by atoms with Crippen molar-refractivity contribution in [2.75, 3.05) is 26.2 Å². The van der Waals surface area contributed by atoms with Crippen molar-refractivity contribution in [3.05, 3.63) is 51.7 Å². The van der Waals surface area contributed by atoms with Crippen LogP contribution in [0.2, 0.25) is 0 Å². The first-order chi connectivity index (χ1) is 16.9. The highest BCUT2D eigenvalue weighted by Gasteiger charge is 2.30. The number of rotatable bonds is 11. The number of carbonyl (C=O) groups is 3. The molecular formula is C26H35N3O6. The molecule has 9 nitrogen and oxygen atoms in total. The fourth-order valence-corrected chi connectivity index (χ4v) is 4.83. The number of amides is 2. The maximum atomic E-state index is 12.9. The molecule has 0 bridgehead atoms. The number of nitro groups is 1. The van der Waals surface area contributed by atoms with Crippen LogP contribution in [0.5, 0.6) is 0 Å². The zero-order valence-electron chi connectivity index (χ0n) is 20.4. The second-order valence-electron chi connectivity index (χ2n) is 9.09. The van der Waals surface area contributed by atoms with E-state index in [0.29, 0.717) is 25.2 Å². The Balaban J connectivity index is 1.53. The van der Waals surface area contributed by atoms with E-state index in [1.54, 1.807) is 19.1 Å². The zero-order valence-corrected chi connectivity index (χ0v) is 20.4. The molecule has 1 aliphatic carbocycles. The molecule has 0 spiro atoms. The van der Waals surface area contributed by atoms with Gasteiger partial charge < -0.3 is 14.5 Å². The Morgan fingerprint density at radius 1 is 1.14 bits per heavy atom. The van der Waals surface area contributed by atoms with Crippen LogP contribution in [0.4, 0.5) is 5.69 Å². The van der Waals surface area contributed by atoms with Gasteiger partial charge in [0, 0.05) is 43.8 Å². The Morgan fingerprint density at radius 3 is 2.60 bits per heavy atom. The van der Waals surface area contributed by atoms with Crippen LogP contribution >= 0.6 is 0 Å². The van der Waals surface area contributed by atoms with Crippen LogP contribution in [0.25, 0.3) is 0 Å². The third kappa shape index (κ3) is 7.63. The third-order valence-electron chi connectivity index (χ3n) is 6.65. The van der Waals surface area contributed by atoms with Gasteiger partial charge >= 0.3 is 5.97 Å². The van der Waals surface area contributed by atoms with E-state index in [0.717, 1.165) is 37.8 Å². The molecule has 190 valence electrons. The van der Waals surface area contributed by atoms with Gasteiger partial charge in [-0.25, -0.2) is 0 Å². The van der Waals surface area contributed by atoms with Crippen LogP contribution in [-0.4, -0.2) is 58.7 Å². The first-order valence-electron chi connectivity index (χ1n) is 12.6. The molecule has 2 amide bonds. The van der Waals surface area contributed by atoms with Gasteiger partial charge in [-0.15, -0.1) is 0 Å². The molecule has 2 aliphatic rings. The lowest BCUT2D eigenvalue weighted by atomic mass is 9.85. The van der Waals surface area contributed by atoms with E-state index < -0.39 is 10.9 Å². The number of carbonyl (C=O) groups excluding carboxylic acids is 3. The van der Waals surface area contributed by atoms with Crippen molar-refractivity contribution >= 4 is 23.5 Å². The average molecular weight is 486 g/mol. The number of fused-ring (bicyclic) bond motifs is 1. The molecular weight excluding hydrogens is 450 g/mol. The molecule has 1 aromatic carbocycles. The van der Waals surface area contributed by atoms with Crippen LogP contribution in [-0.2, 0) is 25.5 Å². The minimum Gasteiger partial charge on any atom is -0.465 e. The molecule has 1 saturated heterocycles. The Labute approximate surface area is 206 Å². The van der Waals surface area contributed by atoms with E-state index in [4.69, 9.17) is 4.74 Å². The lowest BCUT2D eigenvalue weighted by Gasteiger charge is -2.38. The van der Waals surface area contributed by atoms with Gasteiger partial charge in [-0.3, -0.25) is 24.5 Å². The van der Waals surface area contributed by atoms with Gasteiger partial charge in [0.05, 0.1) is 11.5 Å². The number of ether oxygens (including phenoxy) is 1. The molecule has 1 aromatic rings. The molecule has 1 heterocycles. The summed E-state index contributed by atoms with van der Waals surface area (Å²) in [5.74, 6) is -0.133. The highest BCUT2D eigenvalue weighted by Crippen LogP contribution is 2.35. The van der Waals surface area contributed by atoms with E-state index >= 15 is 0 Å². The summed E-state index contributed by atoms with van der Waals surface area (Å²) in [7, 11) is 0. The number of piperidine rings is 1. The lowest BCUT2D eigenvalue weighted by Crippen LogP contribution is -2.39. The van der Waals surface area contributed by atoms with Gasteiger partial charge in [0.15, 0.2) is 0 Å². The maximum Gasteiger partial charge on any atom is 0.325 e. The molecule has 3 rings (SSSR count). The molecule has 9 heteroatoms. The molecule has 0 saturated carbocycles. The first-order valence-corrected chi connectivity index (χ1v) is 12.6. The summed E-state index contributed by atoms with van der Waals surface area (Å²) in [5, 5.41) is 10.8. The predicted molar refractivity (Wildman–Crippen MR) is 130 cm³/mol. The fourth-order valence-electron chi connectivity index (χ4n) is 4.83. The van der Waals surface area contributed by atoms with Gasteiger partial charge in [0.2, 0.25) is 11.8 Å². The van der Waals surface area contributed by atoms with Crippen LogP contribution in [0.15, 0.2) is 36.0 Å². The molecule has 1 atom stereocenters. The Hall–Kier alpha value is -3.23. The van der Waals surface area contributed by atoms with Gasteiger partial charge in [-0.2, -0.15) is 0 Å². The largest absolute Gasteiger partial charge is 0.465 e. The quantitative estimate of drug-likeness (QED) is 0.266. The molecule has 1 fully saturated rings. The fraction of sp³-hybridized carbons (Fsp3) is 0.577. The number of allylic oxidation sites excluding steroid dienone is 2. The summed E-state index contributed by atoms with van der Waals surface area (Å²) >= 11 is 0. The molecule has 0 N–H and O–H groups in total. The highest BCUT2D eigenvalue weighted by atomic mass is 16.6. The van der Waals surface area contributed by atoms with E-state index in [1.165, 1.54) is 29.2 Å². The van der Waals surface area contributed by atoms with Gasteiger partial charge in [0.1, 0.15) is 6.54 Å². The van der Waals surface area contributed by atoms with Crippen molar-refractivity contribution in [3.63, 3.8) is 0 Å². The first kappa shape index (κ1) is 26.4. The van der Waals surface area contributed by atoms with Crippen LogP contribution in [0.3, 0.4) is 0 Å². The molecule has 1 aliphatic heterocycles. The number of non-ortho nitro benzene ring substituents is 1. The summed E-state index contributed by atoms with van der Waals surface area (Å²) < 4.78 is 5.01. The minimum atomic E-state index is -0.482.